The topological polar surface area (TPSA) is 23.8 Å². The highest BCUT2D eigenvalue weighted by molar-refractivity contribution is 5.50. The molecule has 1 nitrogen and oxygen atoms in total. The van der Waals surface area contributed by atoms with Crippen LogP contribution in [-0.4, -0.2) is 0 Å². The van der Waals surface area contributed by atoms with Gasteiger partial charge in [0.15, 0.2) is 0 Å². The summed E-state index contributed by atoms with van der Waals surface area (Å²) in [4.78, 5) is 0. The average Bonchev–Trinajstić information content (AvgIpc) is 2.53. The van der Waals surface area contributed by atoms with Crippen LogP contribution < -0.4 is 0 Å². The van der Waals surface area contributed by atoms with Crippen molar-refractivity contribution >= 4 is 0 Å². The number of aryl methyl sites for hydroxylation is 1. The summed E-state index contributed by atoms with van der Waals surface area (Å²) in [5.41, 5.74) is 4.57. The van der Waals surface area contributed by atoms with E-state index in [2.05, 4.69) is 30.8 Å². The molecule has 0 spiro atoms. The Bertz CT molecular complexity index is 757. The van der Waals surface area contributed by atoms with E-state index in [-0.39, 0.29) is 0 Å². The van der Waals surface area contributed by atoms with E-state index >= 15 is 0 Å². The maximum Gasteiger partial charge on any atom is 0.0991 e. The third kappa shape index (κ3) is 3.08. The monoisotopic (exact) mass is 255 g/mol. The predicted molar refractivity (Wildman–Crippen MR) is 80.9 cm³/mol. The number of terminal acetylenes is 1. The van der Waals surface area contributed by atoms with E-state index in [1.54, 1.807) is 12.1 Å². The van der Waals surface area contributed by atoms with Crippen molar-refractivity contribution in [2.24, 2.45) is 0 Å². The van der Waals surface area contributed by atoms with Crippen molar-refractivity contribution in [1.82, 2.24) is 0 Å². The third-order valence-electron chi connectivity index (χ3n) is 3.01. The van der Waals surface area contributed by atoms with Gasteiger partial charge in [0, 0.05) is 16.7 Å². The molecule has 0 saturated heterocycles. The van der Waals surface area contributed by atoms with Crippen LogP contribution in [0.1, 0.15) is 34.7 Å². The maximum absolute atomic E-state index is 8.75. The van der Waals surface area contributed by atoms with E-state index < -0.39 is 0 Å². The Kier molecular flexibility index (Phi) is 4.24. The molecule has 0 fully saturated rings. The Balaban J connectivity index is 2.33. The summed E-state index contributed by atoms with van der Waals surface area (Å²) in [7, 11) is 0. The van der Waals surface area contributed by atoms with Crippen molar-refractivity contribution in [3.63, 3.8) is 0 Å². The van der Waals surface area contributed by atoms with Crippen LogP contribution in [-0.2, 0) is 6.42 Å². The Morgan fingerprint density at radius 3 is 2.20 bits per heavy atom. The molecule has 0 aliphatic rings. The van der Waals surface area contributed by atoms with Crippen molar-refractivity contribution < 1.29 is 0 Å². The summed E-state index contributed by atoms with van der Waals surface area (Å²) >= 11 is 0. The molecule has 0 aliphatic heterocycles. The molecule has 0 bridgehead atoms. The summed E-state index contributed by atoms with van der Waals surface area (Å²) in [6, 6.07) is 15.2. The lowest BCUT2D eigenvalue weighted by Gasteiger charge is -2.02. The lowest BCUT2D eigenvalue weighted by Crippen LogP contribution is -1.89. The lowest BCUT2D eigenvalue weighted by molar-refractivity contribution is 1.13. The van der Waals surface area contributed by atoms with Gasteiger partial charge in [0.05, 0.1) is 11.6 Å². The van der Waals surface area contributed by atoms with E-state index in [0.717, 1.165) is 28.7 Å². The smallest absolute Gasteiger partial charge is 0.0991 e. The van der Waals surface area contributed by atoms with E-state index in [9.17, 15) is 0 Å². The lowest BCUT2D eigenvalue weighted by atomic mass is 10.0. The Labute approximate surface area is 119 Å². The molecular formula is C19H13N. The fourth-order valence-electron chi connectivity index (χ4n) is 1.87. The summed E-state index contributed by atoms with van der Waals surface area (Å²) in [5, 5.41) is 8.75. The number of hydrogen-bond donors (Lipinski definition) is 0. The molecule has 0 atom stereocenters. The maximum atomic E-state index is 8.75. The van der Waals surface area contributed by atoms with Crippen LogP contribution in [0.5, 0.6) is 0 Å². The highest BCUT2D eigenvalue weighted by Crippen LogP contribution is 2.12. The molecule has 0 unspecified atom stereocenters. The van der Waals surface area contributed by atoms with Gasteiger partial charge in [-0.1, -0.05) is 24.7 Å². The second-order valence-electron chi connectivity index (χ2n) is 4.31. The van der Waals surface area contributed by atoms with E-state index in [0.29, 0.717) is 5.56 Å². The van der Waals surface area contributed by atoms with Crippen LogP contribution in [0, 0.1) is 35.5 Å². The molecule has 20 heavy (non-hydrogen) atoms. The average molecular weight is 255 g/mol. The Morgan fingerprint density at radius 2 is 1.60 bits per heavy atom. The fraction of sp³-hybridized carbons (Fsp3) is 0.105. The molecule has 2 aromatic carbocycles. The SMILES string of the molecule is C#Cc1ccc(C#Cc2ccc(C#N)cc2)c(CC)c1. The first-order valence-corrected chi connectivity index (χ1v) is 6.38. The van der Waals surface area contributed by atoms with Crippen LogP contribution in [0.15, 0.2) is 42.5 Å². The van der Waals surface area contributed by atoms with Crippen molar-refractivity contribution in [2.75, 3.05) is 0 Å². The van der Waals surface area contributed by atoms with Crippen LogP contribution in [0.25, 0.3) is 0 Å². The van der Waals surface area contributed by atoms with Gasteiger partial charge in [-0.05, 0) is 54.4 Å². The summed E-state index contributed by atoms with van der Waals surface area (Å²) in [5.74, 6) is 8.92. The van der Waals surface area contributed by atoms with E-state index in [1.807, 2.05) is 30.3 Å². The molecule has 0 heterocycles. The van der Waals surface area contributed by atoms with Gasteiger partial charge >= 0.3 is 0 Å². The minimum Gasteiger partial charge on any atom is -0.192 e. The zero-order chi connectivity index (χ0) is 14.4. The fourth-order valence-corrected chi connectivity index (χ4v) is 1.87. The van der Waals surface area contributed by atoms with Crippen molar-refractivity contribution in [3.05, 3.63) is 70.3 Å². The quantitative estimate of drug-likeness (QED) is 0.715. The van der Waals surface area contributed by atoms with Crippen molar-refractivity contribution in [3.8, 4) is 30.3 Å². The van der Waals surface area contributed by atoms with Crippen LogP contribution >= 0.6 is 0 Å². The first-order chi connectivity index (χ1) is 9.76. The normalized spacial score (nSPS) is 8.95. The number of benzene rings is 2. The number of nitriles is 1. The first-order valence-electron chi connectivity index (χ1n) is 6.38. The largest absolute Gasteiger partial charge is 0.192 e. The molecule has 0 saturated carbocycles. The van der Waals surface area contributed by atoms with Gasteiger partial charge in [0.25, 0.3) is 0 Å². The minimum atomic E-state index is 0.642. The van der Waals surface area contributed by atoms with Crippen molar-refractivity contribution in [1.29, 1.82) is 5.26 Å². The van der Waals surface area contributed by atoms with Gasteiger partial charge in [0.1, 0.15) is 0 Å². The minimum absolute atomic E-state index is 0.642. The second-order valence-corrected chi connectivity index (χ2v) is 4.31. The van der Waals surface area contributed by atoms with Gasteiger partial charge in [-0.3, -0.25) is 0 Å². The van der Waals surface area contributed by atoms with E-state index in [4.69, 9.17) is 11.7 Å². The highest BCUT2D eigenvalue weighted by atomic mass is 14.2. The van der Waals surface area contributed by atoms with Crippen molar-refractivity contribution in [2.45, 2.75) is 13.3 Å². The second kappa shape index (κ2) is 6.29. The summed E-state index contributed by atoms with van der Waals surface area (Å²) in [6.45, 7) is 2.09. The molecule has 2 rings (SSSR count). The Morgan fingerprint density at radius 1 is 0.950 bits per heavy atom. The zero-order valence-electron chi connectivity index (χ0n) is 11.3. The molecule has 0 aromatic heterocycles. The van der Waals surface area contributed by atoms with Crippen LogP contribution in [0.2, 0.25) is 0 Å². The van der Waals surface area contributed by atoms with Gasteiger partial charge in [-0.25, -0.2) is 0 Å². The first kappa shape index (κ1) is 13.5. The standard InChI is InChI=1S/C19H13N/c1-3-15-9-11-19(18(4-2)13-15)12-10-16-5-7-17(14-20)8-6-16/h1,5-9,11,13H,4H2,2H3. The van der Waals surface area contributed by atoms with Gasteiger partial charge in [-0.2, -0.15) is 5.26 Å². The molecule has 2 aromatic rings. The number of rotatable bonds is 1. The molecule has 1 heteroatoms. The van der Waals surface area contributed by atoms with Crippen LogP contribution in [0.4, 0.5) is 0 Å². The molecule has 0 N–H and O–H groups in total. The van der Waals surface area contributed by atoms with Gasteiger partial charge < -0.3 is 0 Å². The van der Waals surface area contributed by atoms with Gasteiger partial charge in [0.2, 0.25) is 0 Å². The Hall–Kier alpha value is -2.95. The number of hydrogen-bond acceptors (Lipinski definition) is 1. The third-order valence-corrected chi connectivity index (χ3v) is 3.01. The molecule has 0 aliphatic carbocycles. The number of nitrogens with zero attached hydrogens (tertiary/aromatic N) is 1. The molecular weight excluding hydrogens is 242 g/mol. The molecule has 0 amide bonds. The summed E-state index contributed by atoms with van der Waals surface area (Å²) in [6.07, 6.45) is 6.30. The molecule has 0 radical (unpaired) electrons. The molecule has 94 valence electrons. The predicted octanol–water partition coefficient (Wildman–Crippen LogP) is 3.50. The highest BCUT2D eigenvalue weighted by Gasteiger charge is 1.99. The van der Waals surface area contributed by atoms with E-state index in [1.165, 1.54) is 0 Å². The zero-order valence-corrected chi connectivity index (χ0v) is 11.3. The van der Waals surface area contributed by atoms with Crippen LogP contribution in [0.3, 0.4) is 0 Å². The summed E-state index contributed by atoms with van der Waals surface area (Å²) < 4.78 is 0. The van der Waals surface area contributed by atoms with Gasteiger partial charge in [-0.15, -0.1) is 6.42 Å².